The number of rotatable bonds is 9. The van der Waals surface area contributed by atoms with Gasteiger partial charge in [0.1, 0.15) is 10.8 Å². The molecule has 9 nitrogen and oxygen atoms in total. The van der Waals surface area contributed by atoms with Gasteiger partial charge in [-0.3, -0.25) is 4.98 Å². The monoisotopic (exact) mass is 508 g/mol. The zero-order chi connectivity index (χ0) is 25.8. The molecule has 2 N–H and O–H groups in total. The minimum Gasteiger partial charge on any atom is -0.505 e. The van der Waals surface area contributed by atoms with E-state index in [2.05, 4.69) is 9.97 Å². The van der Waals surface area contributed by atoms with Crippen LogP contribution in [0.4, 0.5) is 0 Å². The fourth-order valence-corrected chi connectivity index (χ4v) is 4.73. The van der Waals surface area contributed by atoms with Crippen molar-refractivity contribution >= 4 is 28.6 Å². The average molecular weight is 509 g/mol. The van der Waals surface area contributed by atoms with Gasteiger partial charge in [0, 0.05) is 29.0 Å². The molecule has 0 bridgehead atoms. The fourth-order valence-electron chi connectivity index (χ4n) is 3.90. The number of benzene rings is 2. The lowest BCUT2D eigenvalue weighted by atomic mass is 9.93. The second-order valence-corrected chi connectivity index (χ2v) is 8.49. The first-order chi connectivity index (χ1) is 17.4. The van der Waals surface area contributed by atoms with Gasteiger partial charge in [0.25, 0.3) is 0 Å². The molecule has 4 rings (SSSR count). The highest BCUT2D eigenvalue weighted by molar-refractivity contribution is 7.98. The molecule has 0 atom stereocenters. The molecule has 2 aromatic heterocycles. The van der Waals surface area contributed by atoms with Gasteiger partial charge in [0.05, 0.1) is 45.2 Å². The highest BCUT2D eigenvalue weighted by atomic mass is 32.2. The molecular formula is C26H24N2O7S. The zero-order valence-electron chi connectivity index (χ0n) is 20.1. The number of carboxylic acids is 1. The number of pyridine rings is 2. The van der Waals surface area contributed by atoms with Crippen molar-refractivity contribution in [3.63, 3.8) is 0 Å². The molecule has 4 aromatic rings. The van der Waals surface area contributed by atoms with Crippen LogP contribution in [0, 0.1) is 0 Å². The van der Waals surface area contributed by atoms with E-state index in [0.29, 0.717) is 55.7 Å². The summed E-state index contributed by atoms with van der Waals surface area (Å²) in [5.41, 5.74) is 1.88. The van der Waals surface area contributed by atoms with E-state index >= 15 is 0 Å². The Labute approximate surface area is 211 Å². The normalized spacial score (nSPS) is 10.8. The van der Waals surface area contributed by atoms with Gasteiger partial charge in [-0.2, -0.15) is 0 Å². The first kappa shape index (κ1) is 24.9. The number of aromatic carboxylic acids is 1. The van der Waals surface area contributed by atoms with E-state index in [1.54, 1.807) is 42.6 Å². The lowest BCUT2D eigenvalue weighted by Gasteiger charge is -2.18. The fraction of sp³-hybridized carbons (Fsp3) is 0.192. The van der Waals surface area contributed by atoms with Crippen molar-refractivity contribution in [2.24, 2.45) is 0 Å². The molecule has 0 aliphatic rings. The van der Waals surface area contributed by atoms with Gasteiger partial charge in [-0.25, -0.2) is 9.78 Å². The van der Waals surface area contributed by atoms with Crippen molar-refractivity contribution in [1.82, 2.24) is 9.97 Å². The first-order valence-corrected chi connectivity index (χ1v) is 11.7. The standard InChI is InChI=1S/C26H24N2O7S/c1-32-19-8-7-14(10-20(19)33-2)23-15-11-21(34-3)22(35-4)12-16(15)28-17(24(23)26(30)31)13-36-25-18(29)6-5-9-27-25/h5-12,29H,13H2,1-4H3,(H,30,31). The highest BCUT2D eigenvalue weighted by Crippen LogP contribution is 2.42. The third kappa shape index (κ3) is 4.67. The van der Waals surface area contributed by atoms with Crippen LogP contribution < -0.4 is 18.9 Å². The summed E-state index contributed by atoms with van der Waals surface area (Å²) in [5, 5.41) is 21.4. The molecule has 2 aromatic carbocycles. The summed E-state index contributed by atoms with van der Waals surface area (Å²) < 4.78 is 21.8. The van der Waals surface area contributed by atoms with Crippen LogP contribution in [-0.2, 0) is 5.75 Å². The Bertz CT molecular complexity index is 1440. The number of ether oxygens (including phenoxy) is 4. The van der Waals surface area contributed by atoms with Gasteiger partial charge in [-0.1, -0.05) is 17.8 Å². The predicted octanol–water partition coefficient (Wildman–Crippen LogP) is 5.03. The Hall–Kier alpha value is -4.18. The molecule has 10 heteroatoms. The average Bonchev–Trinajstić information content (AvgIpc) is 2.90. The Morgan fingerprint density at radius 1 is 0.917 bits per heavy atom. The molecule has 0 saturated heterocycles. The van der Waals surface area contributed by atoms with Crippen molar-refractivity contribution in [2.75, 3.05) is 28.4 Å². The topological polar surface area (TPSA) is 120 Å². The van der Waals surface area contributed by atoms with Gasteiger partial charge >= 0.3 is 5.97 Å². The highest BCUT2D eigenvalue weighted by Gasteiger charge is 2.25. The van der Waals surface area contributed by atoms with E-state index in [9.17, 15) is 15.0 Å². The number of nitrogens with zero attached hydrogens (tertiary/aromatic N) is 2. The molecule has 0 aliphatic carbocycles. The molecule has 0 saturated carbocycles. The van der Waals surface area contributed by atoms with Crippen molar-refractivity contribution in [1.29, 1.82) is 0 Å². The largest absolute Gasteiger partial charge is 0.505 e. The molecule has 0 amide bonds. The number of fused-ring (bicyclic) bond motifs is 1. The second-order valence-electron chi connectivity index (χ2n) is 7.52. The third-order valence-electron chi connectivity index (χ3n) is 5.55. The van der Waals surface area contributed by atoms with E-state index in [1.807, 2.05) is 0 Å². The molecule has 0 aliphatic heterocycles. The van der Waals surface area contributed by atoms with Crippen molar-refractivity contribution in [3.05, 3.63) is 59.9 Å². The summed E-state index contributed by atoms with van der Waals surface area (Å²) in [6, 6.07) is 11.8. The number of thioether (sulfide) groups is 1. The lowest BCUT2D eigenvalue weighted by molar-refractivity contribution is 0.0696. The van der Waals surface area contributed by atoms with Gasteiger partial charge < -0.3 is 29.2 Å². The number of carbonyl (C=O) groups is 1. The number of aromatic hydroxyl groups is 1. The Kier molecular flexibility index (Phi) is 7.35. The van der Waals surface area contributed by atoms with E-state index in [0.717, 1.165) is 0 Å². The van der Waals surface area contributed by atoms with Crippen LogP contribution in [0.1, 0.15) is 16.1 Å². The zero-order valence-corrected chi connectivity index (χ0v) is 20.9. The third-order valence-corrected chi connectivity index (χ3v) is 6.55. The van der Waals surface area contributed by atoms with Gasteiger partial charge in [0.2, 0.25) is 0 Å². The van der Waals surface area contributed by atoms with Crippen molar-refractivity contribution in [3.8, 4) is 39.9 Å². The van der Waals surface area contributed by atoms with Crippen LogP contribution in [0.25, 0.3) is 22.0 Å². The maximum Gasteiger partial charge on any atom is 0.338 e. The first-order valence-electron chi connectivity index (χ1n) is 10.7. The molecule has 0 unspecified atom stereocenters. The Morgan fingerprint density at radius 2 is 1.58 bits per heavy atom. The summed E-state index contributed by atoms with van der Waals surface area (Å²) in [5.74, 6) is 0.863. The molecule has 0 fully saturated rings. The van der Waals surface area contributed by atoms with Crippen LogP contribution >= 0.6 is 11.8 Å². The number of aromatic nitrogens is 2. The van der Waals surface area contributed by atoms with Crippen molar-refractivity contribution in [2.45, 2.75) is 10.8 Å². The minimum absolute atomic E-state index is 0.00619. The van der Waals surface area contributed by atoms with Crippen LogP contribution in [0.5, 0.6) is 28.7 Å². The molecule has 2 heterocycles. The summed E-state index contributed by atoms with van der Waals surface area (Å²) in [6.45, 7) is 0. The van der Waals surface area contributed by atoms with Gasteiger partial charge in [-0.15, -0.1) is 0 Å². The van der Waals surface area contributed by atoms with Gasteiger partial charge in [0.15, 0.2) is 23.0 Å². The van der Waals surface area contributed by atoms with E-state index in [-0.39, 0.29) is 17.1 Å². The summed E-state index contributed by atoms with van der Waals surface area (Å²) in [6.07, 6.45) is 1.56. The van der Waals surface area contributed by atoms with Crippen LogP contribution in [-0.4, -0.2) is 54.6 Å². The molecule has 0 radical (unpaired) electrons. The predicted molar refractivity (Wildman–Crippen MR) is 136 cm³/mol. The Balaban J connectivity index is 2.01. The smallest absolute Gasteiger partial charge is 0.338 e. The molecule has 36 heavy (non-hydrogen) atoms. The number of hydrogen-bond acceptors (Lipinski definition) is 9. The minimum atomic E-state index is -1.15. The Morgan fingerprint density at radius 3 is 2.22 bits per heavy atom. The van der Waals surface area contributed by atoms with Crippen LogP contribution in [0.15, 0.2) is 53.7 Å². The van der Waals surface area contributed by atoms with E-state index < -0.39 is 5.97 Å². The SMILES string of the molecule is COc1ccc(-c2c(C(=O)O)c(CSc3ncccc3O)nc3cc(OC)c(OC)cc23)cc1OC. The number of carboxylic acid groups (broad SMARTS) is 1. The maximum absolute atomic E-state index is 12.7. The van der Waals surface area contributed by atoms with E-state index in [1.165, 1.54) is 46.3 Å². The molecule has 186 valence electrons. The molecular weight excluding hydrogens is 484 g/mol. The number of hydrogen-bond donors (Lipinski definition) is 2. The lowest BCUT2D eigenvalue weighted by Crippen LogP contribution is -2.09. The number of methoxy groups -OCH3 is 4. The van der Waals surface area contributed by atoms with Gasteiger partial charge in [-0.05, 0) is 35.9 Å². The summed E-state index contributed by atoms with van der Waals surface area (Å²) >= 11 is 1.19. The summed E-state index contributed by atoms with van der Waals surface area (Å²) in [7, 11) is 6.07. The summed E-state index contributed by atoms with van der Waals surface area (Å²) in [4.78, 5) is 21.5. The quantitative estimate of drug-likeness (QED) is 0.298. The van der Waals surface area contributed by atoms with Crippen LogP contribution in [0.3, 0.4) is 0 Å². The maximum atomic E-state index is 12.7. The van der Waals surface area contributed by atoms with Crippen LogP contribution in [0.2, 0.25) is 0 Å². The second kappa shape index (κ2) is 10.6. The van der Waals surface area contributed by atoms with Crippen molar-refractivity contribution < 1.29 is 34.0 Å². The van der Waals surface area contributed by atoms with E-state index in [4.69, 9.17) is 18.9 Å². The molecule has 0 spiro atoms.